The zero-order valence-corrected chi connectivity index (χ0v) is 19.1. The van der Waals surface area contributed by atoms with E-state index in [2.05, 4.69) is 38.1 Å². The zero-order chi connectivity index (χ0) is 22.7. The summed E-state index contributed by atoms with van der Waals surface area (Å²) in [5.41, 5.74) is 3.57. The lowest BCUT2D eigenvalue weighted by atomic mass is 9.97. The molecule has 1 aliphatic rings. The average Bonchev–Trinajstić information content (AvgIpc) is 2.82. The highest BCUT2D eigenvalue weighted by molar-refractivity contribution is 5.76. The van der Waals surface area contributed by atoms with Gasteiger partial charge in [0.25, 0.3) is 5.56 Å². The van der Waals surface area contributed by atoms with E-state index in [9.17, 15) is 9.59 Å². The average molecular weight is 430 g/mol. The molecule has 2 heterocycles. The van der Waals surface area contributed by atoms with E-state index in [4.69, 9.17) is 4.98 Å². The summed E-state index contributed by atoms with van der Waals surface area (Å²) in [5.74, 6) is 1.19. The molecule has 0 bridgehead atoms. The minimum Gasteiger partial charge on any atom is -0.336 e. The summed E-state index contributed by atoms with van der Waals surface area (Å²) >= 11 is 0. The molecule has 0 aliphatic carbocycles. The SMILES string of the molecule is CCC(C)CC(=O)N1CCc2c(nc(C)n(C(c3ccccc3)c3ccccc3)c2=O)C1. The van der Waals surface area contributed by atoms with Crippen molar-refractivity contribution >= 4 is 5.91 Å². The lowest BCUT2D eigenvalue weighted by Crippen LogP contribution is -2.42. The number of amides is 1. The van der Waals surface area contributed by atoms with Crippen molar-refractivity contribution in [1.29, 1.82) is 0 Å². The van der Waals surface area contributed by atoms with Gasteiger partial charge in [-0.2, -0.15) is 0 Å². The van der Waals surface area contributed by atoms with Crippen molar-refractivity contribution in [3.63, 3.8) is 0 Å². The normalized spacial score (nSPS) is 14.3. The molecule has 1 aromatic heterocycles. The van der Waals surface area contributed by atoms with Gasteiger partial charge in [0, 0.05) is 18.5 Å². The molecule has 0 radical (unpaired) electrons. The molecule has 1 unspecified atom stereocenters. The van der Waals surface area contributed by atoms with E-state index in [1.54, 1.807) is 0 Å². The maximum atomic E-state index is 13.7. The summed E-state index contributed by atoms with van der Waals surface area (Å²) in [6.45, 7) is 7.09. The van der Waals surface area contributed by atoms with Crippen LogP contribution in [0.4, 0.5) is 0 Å². The van der Waals surface area contributed by atoms with Gasteiger partial charge in [0.05, 0.1) is 18.3 Å². The first-order chi connectivity index (χ1) is 15.5. The highest BCUT2D eigenvalue weighted by atomic mass is 16.2. The molecule has 1 atom stereocenters. The molecule has 0 spiro atoms. The Hall–Kier alpha value is -3.21. The van der Waals surface area contributed by atoms with E-state index in [0.29, 0.717) is 37.7 Å². The predicted molar refractivity (Wildman–Crippen MR) is 127 cm³/mol. The number of rotatable bonds is 6. The second-order valence-corrected chi connectivity index (χ2v) is 8.77. The Labute approximate surface area is 189 Å². The van der Waals surface area contributed by atoms with E-state index >= 15 is 0 Å². The first-order valence-corrected chi connectivity index (χ1v) is 11.5. The second-order valence-electron chi connectivity index (χ2n) is 8.77. The largest absolute Gasteiger partial charge is 0.336 e. The van der Waals surface area contributed by atoms with Crippen molar-refractivity contribution < 1.29 is 4.79 Å². The van der Waals surface area contributed by atoms with Gasteiger partial charge in [-0.05, 0) is 30.4 Å². The van der Waals surface area contributed by atoms with Crippen LogP contribution in [-0.2, 0) is 17.8 Å². The van der Waals surface area contributed by atoms with Crippen LogP contribution in [-0.4, -0.2) is 26.9 Å². The van der Waals surface area contributed by atoms with Crippen LogP contribution < -0.4 is 5.56 Å². The van der Waals surface area contributed by atoms with Gasteiger partial charge in [-0.15, -0.1) is 0 Å². The van der Waals surface area contributed by atoms with Gasteiger partial charge >= 0.3 is 0 Å². The first kappa shape index (κ1) is 22.0. The number of benzene rings is 2. The summed E-state index contributed by atoms with van der Waals surface area (Å²) in [4.78, 5) is 33.2. The molecule has 3 aromatic rings. The predicted octanol–water partition coefficient (Wildman–Crippen LogP) is 4.51. The van der Waals surface area contributed by atoms with Crippen LogP contribution in [0.1, 0.15) is 60.9 Å². The second kappa shape index (κ2) is 9.51. The number of hydrogen-bond acceptors (Lipinski definition) is 3. The molecule has 1 amide bonds. The third-order valence-electron chi connectivity index (χ3n) is 6.50. The van der Waals surface area contributed by atoms with E-state index in [1.165, 1.54) is 0 Å². The Balaban J connectivity index is 1.74. The van der Waals surface area contributed by atoms with E-state index in [0.717, 1.165) is 28.8 Å². The molecule has 0 saturated carbocycles. The monoisotopic (exact) mass is 429 g/mol. The van der Waals surface area contributed by atoms with Crippen LogP contribution in [0.25, 0.3) is 0 Å². The van der Waals surface area contributed by atoms with Crippen molar-refractivity contribution in [2.45, 2.75) is 52.6 Å². The third kappa shape index (κ3) is 4.38. The molecular weight excluding hydrogens is 398 g/mol. The summed E-state index contributed by atoms with van der Waals surface area (Å²) in [6.07, 6.45) is 2.08. The smallest absolute Gasteiger partial charge is 0.257 e. The molecule has 5 heteroatoms. The fraction of sp³-hybridized carbons (Fsp3) is 0.370. The quantitative estimate of drug-likeness (QED) is 0.579. The minimum absolute atomic E-state index is 0.000712. The number of hydrogen-bond donors (Lipinski definition) is 0. The molecule has 0 fully saturated rings. The van der Waals surface area contributed by atoms with Gasteiger partial charge in [-0.1, -0.05) is 80.9 Å². The van der Waals surface area contributed by atoms with Crippen LogP contribution in [0, 0.1) is 12.8 Å². The van der Waals surface area contributed by atoms with Crippen molar-refractivity contribution in [1.82, 2.24) is 14.5 Å². The van der Waals surface area contributed by atoms with Gasteiger partial charge in [0.1, 0.15) is 5.82 Å². The molecule has 4 rings (SSSR count). The van der Waals surface area contributed by atoms with Gasteiger partial charge < -0.3 is 4.90 Å². The van der Waals surface area contributed by atoms with Crippen LogP contribution in [0.2, 0.25) is 0 Å². The van der Waals surface area contributed by atoms with Crippen molar-refractivity contribution in [3.05, 3.63) is 99.2 Å². The molecule has 32 heavy (non-hydrogen) atoms. The molecule has 1 aliphatic heterocycles. The molecule has 166 valence electrons. The highest BCUT2D eigenvalue weighted by Crippen LogP contribution is 2.27. The van der Waals surface area contributed by atoms with Crippen molar-refractivity contribution in [3.8, 4) is 0 Å². The summed E-state index contributed by atoms with van der Waals surface area (Å²) in [6, 6.07) is 19.9. The van der Waals surface area contributed by atoms with Gasteiger partial charge in [0.2, 0.25) is 5.91 Å². The van der Waals surface area contributed by atoms with Crippen molar-refractivity contribution in [2.24, 2.45) is 5.92 Å². The maximum Gasteiger partial charge on any atom is 0.257 e. The van der Waals surface area contributed by atoms with E-state index in [1.807, 2.05) is 52.8 Å². The summed E-state index contributed by atoms with van der Waals surface area (Å²) in [7, 11) is 0. The topological polar surface area (TPSA) is 55.2 Å². The van der Waals surface area contributed by atoms with Gasteiger partial charge in [-0.25, -0.2) is 4.98 Å². The minimum atomic E-state index is -0.243. The van der Waals surface area contributed by atoms with E-state index in [-0.39, 0.29) is 17.5 Å². The third-order valence-corrected chi connectivity index (χ3v) is 6.50. The molecular formula is C27H31N3O2. The zero-order valence-electron chi connectivity index (χ0n) is 19.1. The Morgan fingerprint density at radius 2 is 1.62 bits per heavy atom. The van der Waals surface area contributed by atoms with E-state index < -0.39 is 0 Å². The van der Waals surface area contributed by atoms with Crippen LogP contribution in [0.5, 0.6) is 0 Å². The van der Waals surface area contributed by atoms with Crippen LogP contribution in [0.3, 0.4) is 0 Å². The van der Waals surface area contributed by atoms with Crippen LogP contribution >= 0.6 is 0 Å². The Morgan fingerprint density at radius 1 is 1.03 bits per heavy atom. The lowest BCUT2D eigenvalue weighted by Gasteiger charge is -2.31. The number of nitrogens with zero attached hydrogens (tertiary/aromatic N) is 3. The number of aromatic nitrogens is 2. The maximum absolute atomic E-state index is 13.7. The molecule has 0 N–H and O–H groups in total. The lowest BCUT2D eigenvalue weighted by molar-refractivity contribution is -0.133. The number of aryl methyl sites for hydroxylation is 1. The Morgan fingerprint density at radius 3 is 2.19 bits per heavy atom. The molecule has 5 nitrogen and oxygen atoms in total. The van der Waals surface area contributed by atoms with Gasteiger partial charge in [0.15, 0.2) is 0 Å². The number of carbonyl (C=O) groups is 1. The standard InChI is InChI=1S/C27H31N3O2/c1-4-19(2)17-25(31)29-16-15-23-24(18-29)28-20(3)30(27(23)32)26(21-11-7-5-8-12-21)22-13-9-6-10-14-22/h5-14,19,26H,4,15-18H2,1-3H3. The van der Waals surface area contributed by atoms with Gasteiger partial charge in [-0.3, -0.25) is 14.2 Å². The number of fused-ring (bicyclic) bond motifs is 1. The fourth-order valence-electron chi connectivity index (χ4n) is 4.47. The van der Waals surface area contributed by atoms with Crippen molar-refractivity contribution in [2.75, 3.05) is 6.54 Å². The first-order valence-electron chi connectivity index (χ1n) is 11.5. The Kier molecular flexibility index (Phi) is 6.54. The molecule has 2 aromatic carbocycles. The summed E-state index contributed by atoms with van der Waals surface area (Å²) in [5, 5.41) is 0. The highest BCUT2D eigenvalue weighted by Gasteiger charge is 2.28. The fourth-order valence-corrected chi connectivity index (χ4v) is 4.47. The Bertz CT molecular complexity index is 1100. The summed E-state index contributed by atoms with van der Waals surface area (Å²) < 4.78 is 1.82. The molecule has 0 saturated heterocycles. The number of carbonyl (C=O) groups excluding carboxylic acids is 1. The van der Waals surface area contributed by atoms with Crippen LogP contribution in [0.15, 0.2) is 65.5 Å².